The maximum Gasteiger partial charge on any atom is 0.264 e. The van der Waals surface area contributed by atoms with Crippen LogP contribution in [-0.4, -0.2) is 43.8 Å². The molecule has 0 radical (unpaired) electrons. The van der Waals surface area contributed by atoms with Crippen LogP contribution in [0.5, 0.6) is 0 Å². The number of hydrogen-bond donors (Lipinski definition) is 1. The summed E-state index contributed by atoms with van der Waals surface area (Å²) in [5.74, 6) is -0.966. The average Bonchev–Trinajstić information content (AvgIpc) is 3.02. The molecule has 4 rings (SSSR count). The normalized spacial score (nSPS) is 12.6. The summed E-state index contributed by atoms with van der Waals surface area (Å²) in [7, 11) is -4.29. The van der Waals surface area contributed by atoms with Crippen LogP contribution in [0.1, 0.15) is 31.4 Å². The Labute approximate surface area is 279 Å². The van der Waals surface area contributed by atoms with E-state index in [2.05, 4.69) is 5.32 Å². The van der Waals surface area contributed by atoms with E-state index in [1.807, 2.05) is 44.2 Å². The van der Waals surface area contributed by atoms with Crippen molar-refractivity contribution in [1.82, 2.24) is 10.2 Å². The fourth-order valence-corrected chi connectivity index (χ4v) is 6.97. The van der Waals surface area contributed by atoms with Gasteiger partial charge in [0.15, 0.2) is 0 Å². The molecule has 236 valence electrons. The number of nitrogens with one attached hydrogen (secondary N) is 1. The lowest BCUT2D eigenvalue weighted by Crippen LogP contribution is -2.54. The predicted octanol–water partition coefficient (Wildman–Crippen LogP) is 7.40. The van der Waals surface area contributed by atoms with Crippen molar-refractivity contribution >= 4 is 62.3 Å². The third-order valence-electron chi connectivity index (χ3n) is 7.30. The second-order valence-corrected chi connectivity index (χ2v) is 13.7. The highest BCUT2D eigenvalue weighted by Crippen LogP contribution is 2.33. The van der Waals surface area contributed by atoms with E-state index in [1.165, 1.54) is 35.2 Å². The number of rotatable bonds is 13. The number of halogens is 3. The van der Waals surface area contributed by atoms with Gasteiger partial charge in [0.1, 0.15) is 12.6 Å². The summed E-state index contributed by atoms with van der Waals surface area (Å²) in [4.78, 5) is 29.8. The standard InChI is InChI=1S/C34H34Cl3N3O4S/c1-3-24(2)38-34(42)32(20-25-11-6-4-7-12-25)39(22-26-13-10-14-27(35)19-26)33(41)23-40(31-18-17-28(36)21-30(31)37)45(43,44)29-15-8-5-9-16-29/h4-19,21,24,32H,3,20,22-23H2,1-2H3,(H,38,42)/t24-,32+/m0/s1. The lowest BCUT2D eigenvalue weighted by molar-refractivity contribution is -0.140. The molecule has 0 aliphatic rings. The van der Waals surface area contributed by atoms with Crippen LogP contribution in [0.25, 0.3) is 0 Å². The molecule has 0 unspecified atom stereocenters. The second-order valence-electron chi connectivity index (χ2n) is 10.6. The Morgan fingerprint density at radius 3 is 2.04 bits per heavy atom. The Balaban J connectivity index is 1.83. The number of carbonyl (C=O) groups is 2. The molecule has 11 heteroatoms. The van der Waals surface area contributed by atoms with Crippen LogP contribution in [-0.2, 0) is 32.6 Å². The first-order chi connectivity index (χ1) is 21.5. The van der Waals surface area contributed by atoms with Gasteiger partial charge in [-0.1, -0.05) is 102 Å². The van der Waals surface area contributed by atoms with Crippen LogP contribution in [0.4, 0.5) is 5.69 Å². The van der Waals surface area contributed by atoms with Gasteiger partial charge in [0.2, 0.25) is 11.8 Å². The third kappa shape index (κ3) is 9.01. The predicted molar refractivity (Wildman–Crippen MR) is 181 cm³/mol. The molecule has 0 aromatic heterocycles. The number of benzene rings is 4. The molecule has 4 aromatic carbocycles. The Bertz CT molecular complexity index is 1720. The summed E-state index contributed by atoms with van der Waals surface area (Å²) in [6.07, 6.45) is 0.882. The molecule has 2 amide bonds. The summed E-state index contributed by atoms with van der Waals surface area (Å²) in [5.41, 5.74) is 1.58. The Hall–Kier alpha value is -3.56. The van der Waals surface area contributed by atoms with Crippen molar-refractivity contribution in [2.45, 2.75) is 50.2 Å². The highest BCUT2D eigenvalue weighted by molar-refractivity contribution is 7.92. The fourth-order valence-electron chi connectivity index (χ4n) is 4.74. The molecule has 7 nitrogen and oxygen atoms in total. The lowest BCUT2D eigenvalue weighted by Gasteiger charge is -2.34. The van der Waals surface area contributed by atoms with Crippen molar-refractivity contribution < 1.29 is 18.0 Å². The highest BCUT2D eigenvalue weighted by Gasteiger charge is 2.35. The van der Waals surface area contributed by atoms with Crippen LogP contribution >= 0.6 is 34.8 Å². The van der Waals surface area contributed by atoms with Crippen molar-refractivity contribution in [2.75, 3.05) is 10.8 Å². The number of anilines is 1. The van der Waals surface area contributed by atoms with Crippen LogP contribution < -0.4 is 9.62 Å². The molecule has 2 atom stereocenters. The first-order valence-electron chi connectivity index (χ1n) is 14.4. The van der Waals surface area contributed by atoms with Crippen molar-refractivity contribution in [3.05, 3.63) is 129 Å². The fraction of sp³-hybridized carbons (Fsp3) is 0.235. The summed E-state index contributed by atoms with van der Waals surface area (Å²) in [6, 6.07) is 27.3. The SMILES string of the molecule is CC[C@H](C)NC(=O)[C@@H](Cc1ccccc1)N(Cc1cccc(Cl)c1)C(=O)CN(c1ccc(Cl)cc1Cl)S(=O)(=O)c1ccccc1. The lowest BCUT2D eigenvalue weighted by atomic mass is 10.0. The zero-order valence-corrected chi connectivity index (χ0v) is 28.0. The monoisotopic (exact) mass is 685 g/mol. The van der Waals surface area contributed by atoms with Crippen molar-refractivity contribution in [1.29, 1.82) is 0 Å². The molecule has 0 aliphatic carbocycles. The number of carbonyl (C=O) groups excluding carboxylic acids is 2. The maximum absolute atomic E-state index is 14.5. The zero-order valence-electron chi connectivity index (χ0n) is 24.9. The van der Waals surface area contributed by atoms with Gasteiger partial charge in [-0.3, -0.25) is 13.9 Å². The van der Waals surface area contributed by atoms with Crippen molar-refractivity contribution in [2.24, 2.45) is 0 Å². The molecule has 0 saturated heterocycles. The third-order valence-corrected chi connectivity index (χ3v) is 9.85. The summed E-state index contributed by atoms with van der Waals surface area (Å²) >= 11 is 19.0. The molecule has 0 fully saturated rings. The summed E-state index contributed by atoms with van der Waals surface area (Å²) in [5, 5.41) is 3.83. The van der Waals surface area contributed by atoms with Crippen molar-refractivity contribution in [3.63, 3.8) is 0 Å². The quantitative estimate of drug-likeness (QED) is 0.159. The topological polar surface area (TPSA) is 86.8 Å². The minimum atomic E-state index is -4.29. The first kappa shape index (κ1) is 34.3. The van der Waals surface area contributed by atoms with Gasteiger partial charge in [0.25, 0.3) is 10.0 Å². The Morgan fingerprint density at radius 1 is 0.800 bits per heavy atom. The minimum Gasteiger partial charge on any atom is -0.352 e. The summed E-state index contributed by atoms with van der Waals surface area (Å²) < 4.78 is 29.1. The molecule has 45 heavy (non-hydrogen) atoms. The van der Waals surface area contributed by atoms with Crippen LogP contribution in [0.3, 0.4) is 0 Å². The van der Waals surface area contributed by atoms with E-state index in [1.54, 1.807) is 42.5 Å². The first-order valence-corrected chi connectivity index (χ1v) is 17.0. The molecule has 0 heterocycles. The molecule has 0 bridgehead atoms. The van der Waals surface area contributed by atoms with E-state index in [0.29, 0.717) is 22.0 Å². The van der Waals surface area contributed by atoms with Crippen LogP contribution in [0.15, 0.2) is 108 Å². The number of nitrogens with zero attached hydrogens (tertiary/aromatic N) is 2. The minimum absolute atomic E-state index is 0.00159. The highest BCUT2D eigenvalue weighted by atomic mass is 35.5. The van der Waals surface area contributed by atoms with Crippen LogP contribution in [0, 0.1) is 0 Å². The van der Waals surface area contributed by atoms with Gasteiger partial charge in [-0.2, -0.15) is 0 Å². The smallest absolute Gasteiger partial charge is 0.264 e. The van der Waals surface area contributed by atoms with Gasteiger partial charge < -0.3 is 10.2 Å². The van der Waals surface area contributed by atoms with Crippen molar-refractivity contribution in [3.8, 4) is 0 Å². The van der Waals surface area contributed by atoms with Gasteiger partial charge in [-0.05, 0) is 66.9 Å². The van der Waals surface area contributed by atoms with E-state index in [0.717, 1.165) is 9.87 Å². The van der Waals surface area contributed by atoms with Gasteiger partial charge in [0.05, 0.1) is 15.6 Å². The zero-order chi connectivity index (χ0) is 32.6. The van der Waals surface area contributed by atoms with E-state index in [9.17, 15) is 18.0 Å². The van der Waals surface area contributed by atoms with Crippen LogP contribution in [0.2, 0.25) is 15.1 Å². The van der Waals surface area contributed by atoms with E-state index < -0.39 is 28.5 Å². The number of amides is 2. The molecular weight excluding hydrogens is 653 g/mol. The average molecular weight is 687 g/mol. The molecular formula is C34H34Cl3N3O4S. The number of sulfonamides is 1. The Kier molecular flexibility index (Phi) is 11.9. The van der Waals surface area contributed by atoms with Gasteiger partial charge in [-0.15, -0.1) is 0 Å². The summed E-state index contributed by atoms with van der Waals surface area (Å²) in [6.45, 7) is 3.20. The van der Waals surface area contributed by atoms with E-state index >= 15 is 0 Å². The molecule has 4 aromatic rings. The van der Waals surface area contributed by atoms with E-state index in [-0.39, 0.29) is 40.5 Å². The van der Waals surface area contributed by atoms with E-state index in [4.69, 9.17) is 34.8 Å². The molecule has 0 saturated carbocycles. The van der Waals surface area contributed by atoms with Gasteiger partial charge in [0, 0.05) is 29.1 Å². The maximum atomic E-state index is 14.5. The van der Waals surface area contributed by atoms with Gasteiger partial charge >= 0.3 is 0 Å². The number of hydrogen-bond acceptors (Lipinski definition) is 4. The molecule has 0 aliphatic heterocycles. The second kappa shape index (κ2) is 15.6. The molecule has 0 spiro atoms. The van der Waals surface area contributed by atoms with Gasteiger partial charge in [-0.25, -0.2) is 8.42 Å². The molecule has 1 N–H and O–H groups in total. The Morgan fingerprint density at radius 2 is 1.42 bits per heavy atom. The largest absolute Gasteiger partial charge is 0.352 e.